The van der Waals surface area contributed by atoms with Gasteiger partial charge in [-0.05, 0) is 49.9 Å². The number of nitrogens with zero attached hydrogens (tertiary/aromatic N) is 3. The predicted octanol–water partition coefficient (Wildman–Crippen LogP) is 3.80. The molecular formula is C19H25N5OS. The fraction of sp³-hybridized carbons (Fsp3) is 0.421. The van der Waals surface area contributed by atoms with Gasteiger partial charge in [0, 0.05) is 29.9 Å². The van der Waals surface area contributed by atoms with E-state index in [-0.39, 0.29) is 6.10 Å². The van der Waals surface area contributed by atoms with Crippen molar-refractivity contribution in [3.8, 4) is 5.88 Å². The van der Waals surface area contributed by atoms with Gasteiger partial charge in [0.05, 0.1) is 5.56 Å². The summed E-state index contributed by atoms with van der Waals surface area (Å²) in [4.78, 5) is 12.2. The Morgan fingerprint density at radius 3 is 2.62 bits per heavy atom. The Morgan fingerprint density at radius 2 is 2.00 bits per heavy atom. The van der Waals surface area contributed by atoms with Gasteiger partial charge in [-0.15, -0.1) is 11.8 Å². The van der Waals surface area contributed by atoms with E-state index < -0.39 is 0 Å². The fourth-order valence-electron chi connectivity index (χ4n) is 3.02. The lowest BCUT2D eigenvalue weighted by atomic mass is 10.1. The number of anilines is 2. The van der Waals surface area contributed by atoms with Crippen LogP contribution in [0.15, 0.2) is 35.5 Å². The largest absolute Gasteiger partial charge is 0.474 e. The maximum absolute atomic E-state index is 7.80. The summed E-state index contributed by atoms with van der Waals surface area (Å²) in [6.07, 6.45) is 6.90. The number of rotatable bonds is 7. The van der Waals surface area contributed by atoms with E-state index in [0.717, 1.165) is 38.2 Å². The van der Waals surface area contributed by atoms with Crippen molar-refractivity contribution in [1.29, 1.82) is 5.41 Å². The minimum Gasteiger partial charge on any atom is -0.474 e. The molecule has 0 atom stereocenters. The molecule has 0 amide bonds. The summed E-state index contributed by atoms with van der Waals surface area (Å²) in [5.74, 6) is 1.07. The van der Waals surface area contributed by atoms with Crippen molar-refractivity contribution in [3.05, 3.63) is 36.2 Å². The first-order valence-electron chi connectivity index (χ1n) is 8.89. The van der Waals surface area contributed by atoms with Gasteiger partial charge in [-0.2, -0.15) is 0 Å². The van der Waals surface area contributed by atoms with E-state index in [1.54, 1.807) is 11.8 Å². The first-order chi connectivity index (χ1) is 12.7. The van der Waals surface area contributed by atoms with Crippen molar-refractivity contribution in [2.45, 2.75) is 30.8 Å². The molecule has 0 unspecified atom stereocenters. The third kappa shape index (κ3) is 4.53. The lowest BCUT2D eigenvalue weighted by Gasteiger charge is -2.31. The van der Waals surface area contributed by atoms with E-state index in [1.165, 1.54) is 17.4 Å². The number of thioether (sulfide) groups is 1. The zero-order valence-electron chi connectivity index (χ0n) is 15.2. The first-order valence-corrected chi connectivity index (χ1v) is 10.1. The molecule has 1 aromatic carbocycles. The standard InChI is InChI=1S/C19H25N5OS/c1-3-24-10-8-15(9-11-24)25-19-17(12-20)18(21-13-22-19)23-14-4-6-16(26-2)7-5-14/h4-7,12-13,15,20H,3,8-11H2,1-2H3,(H,21,22,23). The Bertz CT molecular complexity index is 729. The minimum atomic E-state index is 0.139. The Kier molecular flexibility index (Phi) is 6.46. The molecule has 1 aliphatic rings. The number of likely N-dealkylation sites (tertiary alicyclic amines) is 1. The summed E-state index contributed by atoms with van der Waals surface area (Å²) in [5.41, 5.74) is 1.51. The van der Waals surface area contributed by atoms with Crippen molar-refractivity contribution in [1.82, 2.24) is 14.9 Å². The Morgan fingerprint density at radius 1 is 1.27 bits per heavy atom. The van der Waals surface area contributed by atoms with Crippen LogP contribution < -0.4 is 10.1 Å². The van der Waals surface area contributed by atoms with Crippen molar-refractivity contribution < 1.29 is 4.74 Å². The molecular weight excluding hydrogens is 346 g/mol. The van der Waals surface area contributed by atoms with Gasteiger partial charge in [-0.3, -0.25) is 0 Å². The monoisotopic (exact) mass is 371 g/mol. The van der Waals surface area contributed by atoms with Crippen LogP contribution in [0.3, 0.4) is 0 Å². The van der Waals surface area contributed by atoms with Crippen LogP contribution in [0.2, 0.25) is 0 Å². The van der Waals surface area contributed by atoms with Gasteiger partial charge >= 0.3 is 0 Å². The third-order valence-electron chi connectivity index (χ3n) is 4.60. The van der Waals surface area contributed by atoms with Crippen LogP contribution in [0.4, 0.5) is 11.5 Å². The van der Waals surface area contributed by atoms with Crippen LogP contribution in [0, 0.1) is 5.41 Å². The van der Waals surface area contributed by atoms with E-state index in [1.807, 2.05) is 12.1 Å². The van der Waals surface area contributed by atoms with Gasteiger partial charge in [-0.1, -0.05) is 6.92 Å². The van der Waals surface area contributed by atoms with Crippen molar-refractivity contribution in [3.63, 3.8) is 0 Å². The highest BCUT2D eigenvalue weighted by Gasteiger charge is 2.21. The molecule has 1 fully saturated rings. The molecule has 3 rings (SSSR count). The predicted molar refractivity (Wildman–Crippen MR) is 107 cm³/mol. The number of hydrogen-bond acceptors (Lipinski definition) is 7. The maximum atomic E-state index is 7.80. The highest BCUT2D eigenvalue weighted by Crippen LogP contribution is 2.27. The molecule has 1 saturated heterocycles. The first kappa shape index (κ1) is 18.7. The molecule has 0 spiro atoms. The second kappa shape index (κ2) is 9.00. The van der Waals surface area contributed by atoms with Crippen LogP contribution in [-0.4, -0.2) is 53.1 Å². The molecule has 138 valence electrons. The lowest BCUT2D eigenvalue weighted by Crippen LogP contribution is -2.38. The highest BCUT2D eigenvalue weighted by atomic mass is 32.2. The van der Waals surface area contributed by atoms with Gasteiger partial charge in [0.2, 0.25) is 5.88 Å². The van der Waals surface area contributed by atoms with Crippen LogP contribution >= 0.6 is 11.8 Å². The molecule has 2 heterocycles. The Hall–Kier alpha value is -2.12. The highest BCUT2D eigenvalue weighted by molar-refractivity contribution is 7.98. The molecule has 2 N–H and O–H groups in total. The van der Waals surface area contributed by atoms with Gasteiger partial charge in [0.15, 0.2) is 0 Å². The van der Waals surface area contributed by atoms with Crippen LogP contribution in [-0.2, 0) is 0 Å². The van der Waals surface area contributed by atoms with E-state index in [4.69, 9.17) is 10.1 Å². The van der Waals surface area contributed by atoms with E-state index in [2.05, 4.69) is 45.5 Å². The molecule has 7 heteroatoms. The van der Waals surface area contributed by atoms with E-state index >= 15 is 0 Å². The van der Waals surface area contributed by atoms with Crippen LogP contribution in [0.25, 0.3) is 0 Å². The number of aromatic nitrogens is 2. The fourth-order valence-corrected chi connectivity index (χ4v) is 3.42. The Labute approximate surface area is 158 Å². The quantitative estimate of drug-likeness (QED) is 0.570. The maximum Gasteiger partial charge on any atom is 0.227 e. The van der Waals surface area contributed by atoms with Gasteiger partial charge in [0.25, 0.3) is 0 Å². The number of piperidine rings is 1. The van der Waals surface area contributed by atoms with E-state index in [0.29, 0.717) is 17.3 Å². The molecule has 0 radical (unpaired) electrons. The number of hydrogen-bond donors (Lipinski definition) is 2. The smallest absolute Gasteiger partial charge is 0.227 e. The number of benzene rings is 1. The zero-order chi connectivity index (χ0) is 18.4. The second-order valence-corrected chi connectivity index (χ2v) is 7.07. The molecule has 6 nitrogen and oxygen atoms in total. The zero-order valence-corrected chi connectivity index (χ0v) is 16.1. The average Bonchev–Trinajstić information content (AvgIpc) is 2.69. The van der Waals surface area contributed by atoms with Crippen molar-refractivity contribution >= 4 is 29.5 Å². The topological polar surface area (TPSA) is 74.1 Å². The summed E-state index contributed by atoms with van der Waals surface area (Å²) >= 11 is 1.70. The normalized spacial score (nSPS) is 15.6. The number of nitrogens with one attached hydrogen (secondary N) is 2. The second-order valence-electron chi connectivity index (χ2n) is 6.19. The van der Waals surface area contributed by atoms with Crippen LogP contribution in [0.1, 0.15) is 25.3 Å². The molecule has 26 heavy (non-hydrogen) atoms. The third-order valence-corrected chi connectivity index (χ3v) is 5.35. The van der Waals surface area contributed by atoms with Crippen molar-refractivity contribution in [2.24, 2.45) is 0 Å². The minimum absolute atomic E-state index is 0.139. The molecule has 0 bridgehead atoms. The molecule has 0 aliphatic carbocycles. The van der Waals surface area contributed by atoms with Gasteiger partial charge < -0.3 is 20.4 Å². The van der Waals surface area contributed by atoms with Crippen LogP contribution in [0.5, 0.6) is 5.88 Å². The SMILES string of the molecule is CCN1CCC(Oc2ncnc(Nc3ccc(SC)cc3)c2C=N)CC1. The summed E-state index contributed by atoms with van der Waals surface area (Å²) < 4.78 is 6.11. The van der Waals surface area contributed by atoms with Gasteiger partial charge in [-0.25, -0.2) is 9.97 Å². The van der Waals surface area contributed by atoms with Gasteiger partial charge in [0.1, 0.15) is 18.2 Å². The average molecular weight is 372 g/mol. The summed E-state index contributed by atoms with van der Waals surface area (Å²) in [7, 11) is 0. The van der Waals surface area contributed by atoms with Crippen molar-refractivity contribution in [2.75, 3.05) is 31.2 Å². The number of ether oxygens (including phenoxy) is 1. The lowest BCUT2D eigenvalue weighted by molar-refractivity contribution is 0.0996. The molecule has 1 aromatic heterocycles. The Balaban J connectivity index is 1.73. The van der Waals surface area contributed by atoms with E-state index in [9.17, 15) is 0 Å². The summed E-state index contributed by atoms with van der Waals surface area (Å²) in [6.45, 7) is 5.34. The summed E-state index contributed by atoms with van der Waals surface area (Å²) in [6, 6.07) is 8.11. The molecule has 1 aliphatic heterocycles. The molecule has 0 saturated carbocycles. The molecule has 2 aromatic rings. The summed E-state index contributed by atoms with van der Waals surface area (Å²) in [5, 5.41) is 11.1.